The van der Waals surface area contributed by atoms with Gasteiger partial charge in [-0.25, -0.2) is 9.97 Å². The lowest BCUT2D eigenvalue weighted by Crippen LogP contribution is -2.40. The zero-order chi connectivity index (χ0) is 14.2. The smallest absolute Gasteiger partial charge is 0.0929 e. The van der Waals surface area contributed by atoms with E-state index < -0.39 is 0 Å². The fourth-order valence-corrected chi connectivity index (χ4v) is 2.79. The molecule has 0 radical (unpaired) electrons. The number of fused-ring (bicyclic) bond motifs is 1. The molecule has 0 saturated carbocycles. The number of rotatable bonds is 2. The molecule has 1 N–H and O–H groups in total. The molecule has 0 aliphatic carbocycles. The van der Waals surface area contributed by atoms with Gasteiger partial charge in [0, 0.05) is 24.6 Å². The molecule has 22 heavy (non-hydrogen) atoms. The summed E-state index contributed by atoms with van der Waals surface area (Å²) in [5, 5.41) is 3.33. The van der Waals surface area contributed by atoms with Gasteiger partial charge >= 0.3 is 0 Å². The predicted octanol–water partition coefficient (Wildman–Crippen LogP) is 3.71. The summed E-state index contributed by atoms with van der Waals surface area (Å²) in [5.74, 6) is 0.470. The molecule has 3 nitrogen and oxygen atoms in total. The maximum absolute atomic E-state index is 4.90. The molecule has 4 heteroatoms. The largest absolute Gasteiger partial charge is 0.315 e. The molecule has 112 valence electrons. The van der Waals surface area contributed by atoms with Crippen molar-refractivity contribution in [3.8, 4) is 11.3 Å². The van der Waals surface area contributed by atoms with Crippen LogP contribution in [0.3, 0.4) is 0 Å². The molecule has 0 atom stereocenters. The average molecular weight is 312 g/mol. The van der Waals surface area contributed by atoms with E-state index in [9.17, 15) is 0 Å². The van der Waals surface area contributed by atoms with Gasteiger partial charge < -0.3 is 5.32 Å². The molecule has 1 saturated heterocycles. The van der Waals surface area contributed by atoms with Crippen LogP contribution >= 0.6 is 12.4 Å². The first kappa shape index (κ1) is 14.9. The molecule has 0 unspecified atom stereocenters. The van der Waals surface area contributed by atoms with Crippen molar-refractivity contribution in [2.24, 2.45) is 0 Å². The van der Waals surface area contributed by atoms with Crippen LogP contribution in [0.4, 0.5) is 0 Å². The molecular formula is C18H18ClN3. The second-order valence-corrected chi connectivity index (χ2v) is 5.67. The maximum atomic E-state index is 4.90. The number of halogens is 1. The van der Waals surface area contributed by atoms with Gasteiger partial charge in [-0.3, -0.25) is 0 Å². The standard InChI is InChI=1S/C18H17N3.ClH/c1-12-5-4-6-13(9-12)17-18(14-10-19-11-14)21-16-8-3-2-7-15(16)20-17;/h2-9,14,19H,10-11H2,1H3;1H. The SMILES string of the molecule is Cc1cccc(-c2nc3ccccc3nc2C2CNC2)c1.Cl. The molecule has 0 amide bonds. The lowest BCUT2D eigenvalue weighted by Gasteiger charge is -2.28. The van der Waals surface area contributed by atoms with E-state index in [0.29, 0.717) is 5.92 Å². The first-order valence-corrected chi connectivity index (χ1v) is 7.36. The summed E-state index contributed by atoms with van der Waals surface area (Å²) in [6.07, 6.45) is 0. The number of aromatic nitrogens is 2. The van der Waals surface area contributed by atoms with Crippen LogP contribution in [0.5, 0.6) is 0 Å². The van der Waals surface area contributed by atoms with Crippen LogP contribution in [0.15, 0.2) is 48.5 Å². The van der Waals surface area contributed by atoms with E-state index in [-0.39, 0.29) is 12.4 Å². The number of hydrogen-bond donors (Lipinski definition) is 1. The van der Waals surface area contributed by atoms with Crippen LogP contribution in [0.25, 0.3) is 22.3 Å². The normalized spacial score (nSPS) is 14.4. The lowest BCUT2D eigenvalue weighted by atomic mass is 9.94. The molecule has 1 aromatic heterocycles. The Labute approximate surface area is 136 Å². The number of hydrogen-bond acceptors (Lipinski definition) is 3. The quantitative estimate of drug-likeness (QED) is 0.784. The van der Waals surface area contributed by atoms with Crippen LogP contribution in [-0.2, 0) is 0 Å². The molecule has 4 rings (SSSR count). The Hall–Kier alpha value is -1.97. The Morgan fingerprint density at radius 2 is 1.68 bits per heavy atom. The van der Waals surface area contributed by atoms with Crippen molar-refractivity contribution in [2.75, 3.05) is 13.1 Å². The maximum Gasteiger partial charge on any atom is 0.0929 e. The lowest BCUT2D eigenvalue weighted by molar-refractivity contribution is 0.441. The van der Waals surface area contributed by atoms with Crippen molar-refractivity contribution in [1.29, 1.82) is 0 Å². The van der Waals surface area contributed by atoms with Crippen LogP contribution in [0, 0.1) is 6.92 Å². The molecule has 1 aliphatic rings. The van der Waals surface area contributed by atoms with Crippen LogP contribution < -0.4 is 5.32 Å². The van der Waals surface area contributed by atoms with Gasteiger partial charge in [0.25, 0.3) is 0 Å². The molecule has 1 fully saturated rings. The number of benzene rings is 2. The summed E-state index contributed by atoms with van der Waals surface area (Å²) in [5.41, 5.74) is 6.51. The first-order chi connectivity index (χ1) is 10.3. The van der Waals surface area contributed by atoms with Gasteiger partial charge in [0.1, 0.15) is 0 Å². The summed E-state index contributed by atoms with van der Waals surface area (Å²) >= 11 is 0. The Morgan fingerprint density at radius 1 is 0.955 bits per heavy atom. The van der Waals surface area contributed by atoms with Gasteiger partial charge in [-0.1, -0.05) is 35.9 Å². The third-order valence-corrected chi connectivity index (χ3v) is 4.06. The number of nitrogens with one attached hydrogen (secondary N) is 1. The van der Waals surface area contributed by atoms with E-state index in [2.05, 4.69) is 36.5 Å². The predicted molar refractivity (Wildman–Crippen MR) is 92.6 cm³/mol. The number of aryl methyl sites for hydroxylation is 1. The van der Waals surface area contributed by atoms with Crippen molar-refractivity contribution < 1.29 is 0 Å². The van der Waals surface area contributed by atoms with Crippen LogP contribution in [0.1, 0.15) is 17.2 Å². The third-order valence-electron chi connectivity index (χ3n) is 4.06. The number of para-hydroxylation sites is 2. The second kappa shape index (κ2) is 6.03. The highest BCUT2D eigenvalue weighted by atomic mass is 35.5. The fourth-order valence-electron chi connectivity index (χ4n) is 2.79. The molecule has 0 spiro atoms. The van der Waals surface area contributed by atoms with E-state index in [1.807, 2.05) is 24.3 Å². The van der Waals surface area contributed by atoms with E-state index in [1.54, 1.807) is 0 Å². The topological polar surface area (TPSA) is 37.8 Å². The average Bonchev–Trinajstić information content (AvgIpc) is 2.45. The van der Waals surface area contributed by atoms with Gasteiger partial charge in [-0.05, 0) is 25.1 Å². The van der Waals surface area contributed by atoms with Crippen molar-refractivity contribution in [3.05, 3.63) is 59.8 Å². The van der Waals surface area contributed by atoms with Crippen molar-refractivity contribution in [1.82, 2.24) is 15.3 Å². The highest BCUT2D eigenvalue weighted by Crippen LogP contribution is 2.30. The molecule has 2 aromatic carbocycles. The first-order valence-electron chi connectivity index (χ1n) is 7.36. The molecule has 0 bridgehead atoms. The minimum absolute atomic E-state index is 0. The van der Waals surface area contributed by atoms with Gasteiger partial charge in [0.2, 0.25) is 0 Å². The zero-order valence-electron chi connectivity index (χ0n) is 12.4. The fraction of sp³-hybridized carbons (Fsp3) is 0.222. The monoisotopic (exact) mass is 311 g/mol. The van der Waals surface area contributed by atoms with Crippen LogP contribution in [0.2, 0.25) is 0 Å². The minimum Gasteiger partial charge on any atom is -0.315 e. The van der Waals surface area contributed by atoms with Gasteiger partial charge in [0.15, 0.2) is 0 Å². The molecule has 1 aliphatic heterocycles. The van der Waals surface area contributed by atoms with E-state index in [4.69, 9.17) is 9.97 Å². The molecule has 3 aromatic rings. The highest BCUT2D eigenvalue weighted by molar-refractivity contribution is 5.85. The Kier molecular flexibility index (Phi) is 4.10. The minimum atomic E-state index is 0. The van der Waals surface area contributed by atoms with E-state index >= 15 is 0 Å². The van der Waals surface area contributed by atoms with Crippen molar-refractivity contribution in [3.63, 3.8) is 0 Å². The Bertz CT molecular complexity index is 812. The van der Waals surface area contributed by atoms with Gasteiger partial charge in [-0.15, -0.1) is 12.4 Å². The van der Waals surface area contributed by atoms with Crippen molar-refractivity contribution >= 4 is 23.4 Å². The zero-order valence-corrected chi connectivity index (χ0v) is 13.2. The highest BCUT2D eigenvalue weighted by Gasteiger charge is 2.25. The van der Waals surface area contributed by atoms with E-state index in [1.165, 1.54) is 5.56 Å². The Balaban J connectivity index is 0.00000144. The summed E-state index contributed by atoms with van der Waals surface area (Å²) in [4.78, 5) is 9.80. The van der Waals surface area contributed by atoms with Gasteiger partial charge in [-0.2, -0.15) is 0 Å². The second-order valence-electron chi connectivity index (χ2n) is 5.67. The summed E-state index contributed by atoms with van der Waals surface area (Å²) < 4.78 is 0. The van der Waals surface area contributed by atoms with E-state index in [0.717, 1.165) is 41.1 Å². The summed E-state index contributed by atoms with van der Waals surface area (Å²) in [7, 11) is 0. The molecule has 2 heterocycles. The summed E-state index contributed by atoms with van der Waals surface area (Å²) in [6.45, 7) is 4.10. The van der Waals surface area contributed by atoms with Crippen LogP contribution in [-0.4, -0.2) is 23.1 Å². The number of nitrogens with zero attached hydrogens (tertiary/aromatic N) is 2. The molecular weight excluding hydrogens is 294 g/mol. The van der Waals surface area contributed by atoms with Crippen molar-refractivity contribution in [2.45, 2.75) is 12.8 Å². The van der Waals surface area contributed by atoms with Gasteiger partial charge in [0.05, 0.1) is 22.4 Å². The Morgan fingerprint density at radius 3 is 2.32 bits per heavy atom. The third kappa shape index (κ3) is 2.58. The summed E-state index contributed by atoms with van der Waals surface area (Å²) in [6, 6.07) is 16.6.